The Morgan fingerprint density at radius 2 is 1.92 bits per heavy atom. The third-order valence-electron chi connectivity index (χ3n) is 3.72. The minimum Gasteiger partial charge on any atom is -0.351 e. The van der Waals surface area contributed by atoms with Crippen LogP contribution in [0.2, 0.25) is 0 Å². The van der Waals surface area contributed by atoms with Crippen LogP contribution in [0.15, 0.2) is 29.1 Å². The second kappa shape index (κ2) is 10.1. The zero-order valence-electron chi connectivity index (χ0n) is 14.0. The summed E-state index contributed by atoms with van der Waals surface area (Å²) in [5, 5.41) is 8.24. The molecule has 6 nitrogen and oxygen atoms in total. The number of fused-ring (bicyclic) bond motifs is 1. The minimum atomic E-state index is -0.265. The molecule has 24 heavy (non-hydrogen) atoms. The summed E-state index contributed by atoms with van der Waals surface area (Å²) < 4.78 is 1.41. The number of carbonyl (C=O) groups is 1. The minimum absolute atomic E-state index is 0. The summed E-state index contributed by atoms with van der Waals surface area (Å²) >= 11 is 0. The van der Waals surface area contributed by atoms with Crippen LogP contribution in [-0.4, -0.2) is 28.8 Å². The maximum atomic E-state index is 12.5. The van der Waals surface area contributed by atoms with Crippen molar-refractivity contribution in [3.8, 4) is 0 Å². The van der Waals surface area contributed by atoms with E-state index in [1.807, 2.05) is 6.07 Å². The van der Waals surface area contributed by atoms with E-state index in [1.54, 1.807) is 18.2 Å². The number of aryl methyl sites for hydroxylation is 1. The molecule has 1 amide bonds. The van der Waals surface area contributed by atoms with Crippen molar-refractivity contribution in [2.75, 3.05) is 13.1 Å². The van der Waals surface area contributed by atoms with E-state index < -0.39 is 0 Å². The molecule has 0 aliphatic rings. The van der Waals surface area contributed by atoms with Gasteiger partial charge in [-0.05, 0) is 25.5 Å². The van der Waals surface area contributed by atoms with Crippen LogP contribution < -0.4 is 16.6 Å². The van der Waals surface area contributed by atoms with Gasteiger partial charge in [-0.25, -0.2) is 4.68 Å². The van der Waals surface area contributed by atoms with Gasteiger partial charge in [-0.15, -0.1) is 12.4 Å². The smallest absolute Gasteiger partial charge is 0.274 e. The number of hydrogen-bond acceptors (Lipinski definition) is 4. The highest BCUT2D eigenvalue weighted by Crippen LogP contribution is 2.13. The number of halogens is 1. The van der Waals surface area contributed by atoms with E-state index >= 15 is 0 Å². The van der Waals surface area contributed by atoms with Crippen molar-refractivity contribution in [2.24, 2.45) is 5.73 Å². The second-order valence-corrected chi connectivity index (χ2v) is 5.53. The quantitative estimate of drug-likeness (QED) is 0.712. The van der Waals surface area contributed by atoms with Crippen molar-refractivity contribution in [1.82, 2.24) is 15.1 Å². The van der Waals surface area contributed by atoms with Crippen LogP contribution in [0.25, 0.3) is 10.8 Å². The van der Waals surface area contributed by atoms with Crippen LogP contribution in [0.3, 0.4) is 0 Å². The third kappa shape index (κ3) is 4.79. The molecule has 0 radical (unpaired) electrons. The first-order chi connectivity index (χ1) is 11.2. The Labute approximate surface area is 147 Å². The van der Waals surface area contributed by atoms with Gasteiger partial charge in [-0.2, -0.15) is 5.10 Å². The molecule has 1 heterocycles. The molecule has 0 fully saturated rings. The molecule has 2 rings (SSSR count). The van der Waals surface area contributed by atoms with Gasteiger partial charge in [-0.1, -0.05) is 38.0 Å². The summed E-state index contributed by atoms with van der Waals surface area (Å²) in [6, 6.07) is 7.11. The number of hydrogen-bond donors (Lipinski definition) is 2. The van der Waals surface area contributed by atoms with E-state index in [0.717, 1.165) is 19.3 Å². The largest absolute Gasteiger partial charge is 0.351 e. The van der Waals surface area contributed by atoms with E-state index in [0.29, 0.717) is 42.5 Å². The molecule has 0 atom stereocenters. The van der Waals surface area contributed by atoms with Gasteiger partial charge >= 0.3 is 0 Å². The predicted molar refractivity (Wildman–Crippen MR) is 98.8 cm³/mol. The lowest BCUT2D eigenvalue weighted by Gasteiger charge is -2.11. The van der Waals surface area contributed by atoms with Crippen molar-refractivity contribution >= 4 is 29.1 Å². The van der Waals surface area contributed by atoms with Gasteiger partial charge in [0, 0.05) is 18.5 Å². The van der Waals surface area contributed by atoms with Gasteiger partial charge in [0.25, 0.3) is 11.5 Å². The number of benzene rings is 1. The summed E-state index contributed by atoms with van der Waals surface area (Å²) in [4.78, 5) is 24.9. The van der Waals surface area contributed by atoms with Gasteiger partial charge in [0.15, 0.2) is 5.69 Å². The summed E-state index contributed by atoms with van der Waals surface area (Å²) in [5.41, 5.74) is 5.60. The number of rotatable bonds is 8. The Bertz CT molecular complexity index is 730. The van der Waals surface area contributed by atoms with Gasteiger partial charge in [-0.3, -0.25) is 9.59 Å². The number of nitrogens with two attached hydrogens (primary N) is 1. The van der Waals surface area contributed by atoms with Crippen molar-refractivity contribution in [2.45, 2.75) is 39.2 Å². The van der Waals surface area contributed by atoms with Crippen LogP contribution in [0.1, 0.15) is 43.1 Å². The van der Waals surface area contributed by atoms with Gasteiger partial charge in [0.05, 0.1) is 5.39 Å². The molecule has 0 saturated carbocycles. The fraction of sp³-hybridized carbons (Fsp3) is 0.471. The monoisotopic (exact) mass is 352 g/mol. The van der Waals surface area contributed by atoms with E-state index in [9.17, 15) is 9.59 Å². The first-order valence-electron chi connectivity index (χ1n) is 8.17. The van der Waals surface area contributed by atoms with Gasteiger partial charge in [0.1, 0.15) is 0 Å². The molecule has 1 aromatic heterocycles. The lowest BCUT2D eigenvalue weighted by molar-refractivity contribution is 0.0948. The molecule has 0 aliphatic heterocycles. The van der Waals surface area contributed by atoms with Crippen LogP contribution in [0.5, 0.6) is 0 Å². The highest BCUT2D eigenvalue weighted by atomic mass is 35.5. The molecule has 1 aromatic carbocycles. The number of amides is 1. The molecule has 0 bridgehead atoms. The molecular formula is C17H25ClN4O2. The highest BCUT2D eigenvalue weighted by Gasteiger charge is 2.16. The Morgan fingerprint density at radius 3 is 2.58 bits per heavy atom. The standard InChI is InChI=1S/C17H24N4O2.ClH/c1-2-3-6-12-21-17(23)14-9-5-4-8-13(14)15(20-21)16(22)19-11-7-10-18;/h4-5,8-9H,2-3,6-7,10-12,18H2,1H3,(H,19,22);1H. The van der Waals surface area contributed by atoms with E-state index in [-0.39, 0.29) is 23.9 Å². The summed E-state index contributed by atoms with van der Waals surface area (Å²) in [5.74, 6) is -0.265. The Kier molecular flexibility index (Phi) is 8.43. The van der Waals surface area contributed by atoms with Crippen LogP contribution >= 0.6 is 12.4 Å². The lowest BCUT2D eigenvalue weighted by Crippen LogP contribution is -2.31. The van der Waals surface area contributed by atoms with Crippen molar-refractivity contribution in [3.05, 3.63) is 40.3 Å². The average molecular weight is 353 g/mol. The van der Waals surface area contributed by atoms with E-state index in [1.165, 1.54) is 4.68 Å². The molecule has 3 N–H and O–H groups in total. The maximum Gasteiger partial charge on any atom is 0.274 e. The number of unbranched alkanes of at least 4 members (excludes halogenated alkanes) is 2. The topological polar surface area (TPSA) is 90.0 Å². The summed E-state index contributed by atoms with van der Waals surface area (Å²) in [6.07, 6.45) is 3.67. The molecule has 2 aromatic rings. The van der Waals surface area contributed by atoms with E-state index in [2.05, 4.69) is 17.3 Å². The van der Waals surface area contributed by atoms with Crippen LogP contribution in [-0.2, 0) is 6.54 Å². The van der Waals surface area contributed by atoms with Crippen LogP contribution in [0.4, 0.5) is 0 Å². The SMILES string of the molecule is CCCCCn1nc(C(=O)NCCCN)c2ccccc2c1=O.Cl. The van der Waals surface area contributed by atoms with Gasteiger partial charge < -0.3 is 11.1 Å². The molecule has 0 unspecified atom stereocenters. The molecule has 0 saturated heterocycles. The lowest BCUT2D eigenvalue weighted by atomic mass is 10.1. The third-order valence-corrected chi connectivity index (χ3v) is 3.72. The van der Waals surface area contributed by atoms with Crippen molar-refractivity contribution in [1.29, 1.82) is 0 Å². The Balaban J connectivity index is 0.00000288. The van der Waals surface area contributed by atoms with Gasteiger partial charge in [0.2, 0.25) is 0 Å². The Hall–Kier alpha value is -1.92. The number of nitrogens with zero attached hydrogens (tertiary/aromatic N) is 2. The average Bonchev–Trinajstić information content (AvgIpc) is 2.57. The van der Waals surface area contributed by atoms with Crippen LogP contribution in [0, 0.1) is 0 Å². The summed E-state index contributed by atoms with van der Waals surface area (Å²) in [6.45, 7) is 3.65. The first-order valence-corrected chi connectivity index (χ1v) is 8.17. The Morgan fingerprint density at radius 1 is 1.21 bits per heavy atom. The zero-order valence-corrected chi connectivity index (χ0v) is 14.8. The molecule has 0 spiro atoms. The molecule has 132 valence electrons. The number of carbonyl (C=O) groups excluding carboxylic acids is 1. The zero-order chi connectivity index (χ0) is 16.7. The summed E-state index contributed by atoms with van der Waals surface area (Å²) in [7, 11) is 0. The number of aromatic nitrogens is 2. The van der Waals surface area contributed by atoms with Crippen molar-refractivity contribution < 1.29 is 4.79 Å². The molecular weight excluding hydrogens is 328 g/mol. The first kappa shape index (κ1) is 20.1. The fourth-order valence-electron chi connectivity index (χ4n) is 2.45. The fourth-order valence-corrected chi connectivity index (χ4v) is 2.45. The highest BCUT2D eigenvalue weighted by molar-refractivity contribution is 6.04. The predicted octanol–water partition coefficient (Wildman–Crippen LogP) is 2.09. The van der Waals surface area contributed by atoms with Crippen molar-refractivity contribution in [3.63, 3.8) is 0 Å². The molecule has 0 aliphatic carbocycles. The van der Waals surface area contributed by atoms with E-state index in [4.69, 9.17) is 5.73 Å². The normalized spacial score (nSPS) is 10.4. The maximum absolute atomic E-state index is 12.5. The number of nitrogens with one attached hydrogen (secondary N) is 1. The molecule has 7 heteroatoms. The second-order valence-electron chi connectivity index (χ2n) is 5.53.